The van der Waals surface area contributed by atoms with Crippen LogP contribution in [0.4, 0.5) is 11.6 Å². The van der Waals surface area contributed by atoms with Gasteiger partial charge < -0.3 is 20.7 Å². The molecule has 2 saturated heterocycles. The van der Waals surface area contributed by atoms with E-state index in [1.807, 2.05) is 0 Å². The Hall–Kier alpha value is -1.76. The van der Waals surface area contributed by atoms with Crippen LogP contribution >= 0.6 is 0 Å². The summed E-state index contributed by atoms with van der Waals surface area (Å²) in [5.74, 6) is 1.09. The van der Waals surface area contributed by atoms with Crippen molar-refractivity contribution in [1.82, 2.24) is 15.5 Å². The third-order valence-electron chi connectivity index (χ3n) is 4.12. The van der Waals surface area contributed by atoms with E-state index in [9.17, 15) is 4.79 Å². The highest BCUT2D eigenvalue weighted by Crippen LogP contribution is 2.33. The molecular formula is C12H19N5O2. The molecule has 2 unspecified atom stereocenters. The van der Waals surface area contributed by atoms with E-state index in [0.29, 0.717) is 23.3 Å². The zero-order chi connectivity index (χ0) is 13.4. The molecule has 7 nitrogen and oxygen atoms in total. The molecule has 19 heavy (non-hydrogen) atoms. The van der Waals surface area contributed by atoms with E-state index < -0.39 is 5.97 Å². The predicted octanol–water partition coefficient (Wildman–Crippen LogP) is -0.0333. The van der Waals surface area contributed by atoms with Gasteiger partial charge in [-0.15, -0.1) is 0 Å². The number of carbonyl (C=O) groups is 1. The number of hydrogen-bond donors (Lipinski definition) is 3. The number of nitrogens with zero attached hydrogens (tertiary/aromatic N) is 2. The molecule has 3 heterocycles. The number of aromatic amines is 1. The van der Waals surface area contributed by atoms with Crippen LogP contribution < -0.4 is 16.0 Å². The van der Waals surface area contributed by atoms with Crippen molar-refractivity contribution in [3.05, 3.63) is 5.56 Å². The number of rotatable bonds is 2. The average Bonchev–Trinajstić information content (AvgIpc) is 3.03. The topological polar surface area (TPSA) is 96.3 Å². The number of esters is 1. The van der Waals surface area contributed by atoms with Crippen molar-refractivity contribution in [1.29, 1.82) is 0 Å². The summed E-state index contributed by atoms with van der Waals surface area (Å²) in [5, 5.41) is 10.3. The van der Waals surface area contributed by atoms with Gasteiger partial charge in [-0.2, -0.15) is 5.10 Å². The zero-order valence-corrected chi connectivity index (χ0v) is 11.0. The van der Waals surface area contributed by atoms with Crippen molar-refractivity contribution < 1.29 is 9.53 Å². The summed E-state index contributed by atoms with van der Waals surface area (Å²) in [6, 6.07) is 0.389. The maximum atomic E-state index is 11.8. The Kier molecular flexibility index (Phi) is 3.06. The number of nitrogens with one attached hydrogen (secondary N) is 2. The van der Waals surface area contributed by atoms with Crippen LogP contribution in [0.2, 0.25) is 0 Å². The molecule has 0 radical (unpaired) electrons. The Bertz CT molecular complexity index is 486. The van der Waals surface area contributed by atoms with E-state index in [1.54, 1.807) is 0 Å². The van der Waals surface area contributed by atoms with Crippen LogP contribution in [-0.4, -0.2) is 49.0 Å². The van der Waals surface area contributed by atoms with Crippen LogP contribution in [0.25, 0.3) is 0 Å². The summed E-state index contributed by atoms with van der Waals surface area (Å²) >= 11 is 0. The lowest BCUT2D eigenvalue weighted by Gasteiger charge is -2.37. The van der Waals surface area contributed by atoms with Crippen molar-refractivity contribution >= 4 is 17.6 Å². The maximum absolute atomic E-state index is 11.8. The van der Waals surface area contributed by atoms with Gasteiger partial charge in [0.05, 0.1) is 7.11 Å². The van der Waals surface area contributed by atoms with Gasteiger partial charge in [0.2, 0.25) is 0 Å². The Morgan fingerprint density at radius 2 is 2.37 bits per heavy atom. The quantitative estimate of drug-likeness (QED) is 0.650. The number of carbonyl (C=O) groups excluding carboxylic acids is 1. The van der Waals surface area contributed by atoms with E-state index in [2.05, 4.69) is 20.4 Å². The first-order valence-electron chi connectivity index (χ1n) is 6.62. The first-order valence-corrected chi connectivity index (χ1v) is 6.62. The van der Waals surface area contributed by atoms with Crippen LogP contribution in [0, 0.1) is 5.92 Å². The number of piperidine rings is 1. The number of methoxy groups -OCH3 is 1. The van der Waals surface area contributed by atoms with Gasteiger partial charge in [0.25, 0.3) is 0 Å². The number of fused-ring (bicyclic) bond motifs is 1. The molecule has 2 fully saturated rings. The normalized spacial score (nSPS) is 26.3. The van der Waals surface area contributed by atoms with Crippen LogP contribution in [-0.2, 0) is 4.74 Å². The highest BCUT2D eigenvalue weighted by Gasteiger charge is 2.38. The third kappa shape index (κ3) is 1.94. The standard InChI is InChI=1S/C12H19N5O2/c1-19-12(18)9-10(13)15-16-11(9)17-4-2-3-7-5-14-6-8(7)17/h7-8,14H,2-6H2,1H3,(H3,13,15,16). The molecule has 1 aromatic heterocycles. The van der Waals surface area contributed by atoms with E-state index in [1.165, 1.54) is 13.5 Å². The molecule has 0 saturated carbocycles. The minimum absolute atomic E-state index is 0.273. The predicted molar refractivity (Wildman–Crippen MR) is 71.1 cm³/mol. The van der Waals surface area contributed by atoms with Gasteiger partial charge in [-0.1, -0.05) is 0 Å². The molecule has 0 aromatic carbocycles. The van der Waals surface area contributed by atoms with E-state index in [0.717, 1.165) is 26.1 Å². The Morgan fingerprint density at radius 1 is 1.53 bits per heavy atom. The second-order valence-electron chi connectivity index (χ2n) is 5.15. The SMILES string of the molecule is COC(=O)c1c(N2CCCC3CNCC32)n[nH]c1N. The fraction of sp³-hybridized carbons (Fsp3) is 0.667. The first kappa shape index (κ1) is 12.3. The van der Waals surface area contributed by atoms with Crippen molar-refractivity contribution in [2.75, 3.05) is 37.4 Å². The van der Waals surface area contributed by atoms with Crippen LogP contribution in [0.3, 0.4) is 0 Å². The number of aromatic nitrogens is 2. The highest BCUT2D eigenvalue weighted by molar-refractivity contribution is 5.99. The largest absolute Gasteiger partial charge is 0.465 e. The molecule has 2 aliphatic rings. The zero-order valence-electron chi connectivity index (χ0n) is 11.0. The number of nitrogens with two attached hydrogens (primary N) is 1. The van der Waals surface area contributed by atoms with Crippen LogP contribution in [0.15, 0.2) is 0 Å². The van der Waals surface area contributed by atoms with Gasteiger partial charge in [-0.05, 0) is 18.8 Å². The maximum Gasteiger partial charge on any atom is 0.345 e. The van der Waals surface area contributed by atoms with Gasteiger partial charge in [0.1, 0.15) is 11.4 Å². The smallest absolute Gasteiger partial charge is 0.345 e. The van der Waals surface area contributed by atoms with E-state index in [-0.39, 0.29) is 5.82 Å². The number of ether oxygens (including phenoxy) is 1. The molecular weight excluding hydrogens is 246 g/mol. The Labute approximate surface area is 111 Å². The second-order valence-corrected chi connectivity index (χ2v) is 5.15. The van der Waals surface area contributed by atoms with Crippen molar-refractivity contribution in [2.24, 2.45) is 5.92 Å². The monoisotopic (exact) mass is 265 g/mol. The van der Waals surface area contributed by atoms with E-state index in [4.69, 9.17) is 10.5 Å². The minimum atomic E-state index is -0.436. The average molecular weight is 265 g/mol. The second kappa shape index (κ2) is 4.73. The molecule has 3 rings (SSSR count). The molecule has 0 amide bonds. The molecule has 2 atom stereocenters. The van der Waals surface area contributed by atoms with Gasteiger partial charge in [0.15, 0.2) is 5.82 Å². The van der Waals surface area contributed by atoms with E-state index >= 15 is 0 Å². The lowest BCUT2D eigenvalue weighted by Crippen LogP contribution is -2.46. The Balaban J connectivity index is 1.95. The lowest BCUT2D eigenvalue weighted by molar-refractivity contribution is 0.0602. The summed E-state index contributed by atoms with van der Waals surface area (Å²) in [6.07, 6.45) is 2.33. The summed E-state index contributed by atoms with van der Waals surface area (Å²) in [6.45, 7) is 2.86. The van der Waals surface area contributed by atoms with Crippen molar-refractivity contribution in [3.63, 3.8) is 0 Å². The Morgan fingerprint density at radius 3 is 3.16 bits per heavy atom. The molecule has 0 bridgehead atoms. The number of hydrogen-bond acceptors (Lipinski definition) is 6. The van der Waals surface area contributed by atoms with Gasteiger partial charge in [-0.3, -0.25) is 5.10 Å². The number of H-pyrrole nitrogens is 1. The summed E-state index contributed by atoms with van der Waals surface area (Å²) in [4.78, 5) is 14.0. The third-order valence-corrected chi connectivity index (χ3v) is 4.12. The van der Waals surface area contributed by atoms with Crippen LogP contribution in [0.5, 0.6) is 0 Å². The summed E-state index contributed by atoms with van der Waals surface area (Å²) in [7, 11) is 1.36. The molecule has 1 aromatic rings. The molecule has 0 spiro atoms. The van der Waals surface area contributed by atoms with Gasteiger partial charge >= 0.3 is 5.97 Å². The van der Waals surface area contributed by atoms with Gasteiger partial charge in [-0.25, -0.2) is 4.79 Å². The van der Waals surface area contributed by atoms with Gasteiger partial charge in [0, 0.05) is 25.7 Å². The molecule has 2 aliphatic heterocycles. The van der Waals surface area contributed by atoms with Crippen molar-refractivity contribution in [2.45, 2.75) is 18.9 Å². The summed E-state index contributed by atoms with van der Waals surface area (Å²) in [5.41, 5.74) is 6.16. The first-order chi connectivity index (χ1) is 9.22. The number of nitrogen functional groups attached to an aromatic ring is 1. The summed E-state index contributed by atoms with van der Waals surface area (Å²) < 4.78 is 4.80. The highest BCUT2D eigenvalue weighted by atomic mass is 16.5. The molecule has 7 heteroatoms. The molecule has 104 valence electrons. The minimum Gasteiger partial charge on any atom is -0.465 e. The van der Waals surface area contributed by atoms with Crippen molar-refractivity contribution in [3.8, 4) is 0 Å². The molecule has 4 N–H and O–H groups in total. The van der Waals surface area contributed by atoms with Crippen LogP contribution in [0.1, 0.15) is 23.2 Å². The fourth-order valence-corrected chi connectivity index (χ4v) is 3.19. The fourth-order valence-electron chi connectivity index (χ4n) is 3.19. The number of anilines is 2. The lowest BCUT2D eigenvalue weighted by atomic mass is 9.92. The molecule has 0 aliphatic carbocycles.